The summed E-state index contributed by atoms with van der Waals surface area (Å²) in [6.45, 7) is 3.00. The van der Waals surface area contributed by atoms with Crippen LogP contribution in [0.1, 0.15) is 54.6 Å². The van der Waals surface area contributed by atoms with Crippen LogP contribution < -0.4 is 0 Å². The van der Waals surface area contributed by atoms with E-state index in [4.69, 9.17) is 4.74 Å². The van der Waals surface area contributed by atoms with E-state index in [2.05, 4.69) is 22.1 Å². The number of aryl methyl sites for hydroxylation is 1. The average Bonchev–Trinajstić information content (AvgIpc) is 3.33. The van der Waals surface area contributed by atoms with Gasteiger partial charge in [0.1, 0.15) is 18.4 Å². The van der Waals surface area contributed by atoms with Crippen molar-refractivity contribution in [3.8, 4) is 0 Å². The van der Waals surface area contributed by atoms with Crippen molar-refractivity contribution in [3.05, 3.63) is 53.9 Å². The molecule has 196 valence electrons. The molecule has 1 aromatic heterocycles. The molecule has 4 rings (SSSR count). The molecule has 2 N–H and O–H groups in total. The molecule has 0 aliphatic carbocycles. The van der Waals surface area contributed by atoms with Crippen LogP contribution >= 0.6 is 0 Å². The summed E-state index contributed by atoms with van der Waals surface area (Å²) in [6, 6.07) is 12.0. The summed E-state index contributed by atoms with van der Waals surface area (Å²) in [7, 11) is 1.73. The van der Waals surface area contributed by atoms with Crippen molar-refractivity contribution in [1.29, 1.82) is 0 Å². The van der Waals surface area contributed by atoms with Gasteiger partial charge in [0.25, 0.3) is 5.91 Å². The van der Waals surface area contributed by atoms with Gasteiger partial charge >= 0.3 is 5.97 Å². The lowest BCUT2D eigenvalue weighted by atomic mass is 9.74. The van der Waals surface area contributed by atoms with E-state index in [-0.39, 0.29) is 24.9 Å². The van der Waals surface area contributed by atoms with E-state index < -0.39 is 17.6 Å². The fourth-order valence-corrected chi connectivity index (χ4v) is 5.27. The van der Waals surface area contributed by atoms with E-state index in [1.165, 1.54) is 5.56 Å². The first-order valence-electron chi connectivity index (χ1n) is 12.9. The number of amides is 1. The smallest absolute Gasteiger partial charge is 0.312 e. The molecule has 36 heavy (non-hydrogen) atoms. The van der Waals surface area contributed by atoms with E-state index in [0.717, 1.165) is 32.5 Å². The molecule has 2 aromatic rings. The number of nitrogens with zero attached hydrogens (tertiary/aromatic N) is 4. The number of carbonyl (C=O) groups is 2. The van der Waals surface area contributed by atoms with Gasteiger partial charge in [-0.2, -0.15) is 5.10 Å². The Morgan fingerprint density at radius 1 is 1.03 bits per heavy atom. The highest BCUT2D eigenvalue weighted by atomic mass is 16.5. The third kappa shape index (κ3) is 6.32. The molecule has 2 atom stereocenters. The van der Waals surface area contributed by atoms with Crippen LogP contribution in [0.2, 0.25) is 0 Å². The molecule has 2 aliphatic rings. The van der Waals surface area contributed by atoms with E-state index >= 15 is 0 Å². The Morgan fingerprint density at radius 2 is 1.78 bits per heavy atom. The van der Waals surface area contributed by atoms with Crippen molar-refractivity contribution in [3.63, 3.8) is 0 Å². The number of hydrogen-bond donors (Lipinski definition) is 2. The Kier molecular flexibility index (Phi) is 8.77. The SMILES string of the molecule is Cn1nccc1C(=O)N1CCCCC2(CCN(Cc3ccccc3)CC2)C(=O)OC[C@@H](O)[C@@H](O)CC1. The van der Waals surface area contributed by atoms with Gasteiger partial charge in [-0.1, -0.05) is 36.8 Å². The standard InChI is InChI=1S/C27H38N4O5/c1-29-22(9-14-28-29)25(34)31-15-6-5-11-27(26(35)36-20-24(33)23(32)10-16-31)12-17-30(18-13-27)19-21-7-3-2-4-8-21/h2-4,7-9,14,23-24,32-33H,5-6,10-13,15-20H2,1H3/t23-,24+/m0/s1. The van der Waals surface area contributed by atoms with Crippen LogP contribution in [0.15, 0.2) is 42.6 Å². The number of piperidine rings is 1. The molecular formula is C27H38N4O5. The van der Waals surface area contributed by atoms with Crippen LogP contribution in [0, 0.1) is 5.41 Å². The molecule has 1 spiro atoms. The number of aromatic nitrogens is 2. The minimum Gasteiger partial charge on any atom is -0.462 e. The van der Waals surface area contributed by atoms with Crippen LogP contribution in [0.3, 0.4) is 0 Å². The number of cyclic esters (lactones) is 1. The van der Waals surface area contributed by atoms with E-state index in [1.54, 1.807) is 28.9 Å². The van der Waals surface area contributed by atoms with Crippen molar-refractivity contribution in [1.82, 2.24) is 19.6 Å². The highest BCUT2D eigenvalue weighted by Gasteiger charge is 2.42. The molecule has 1 amide bonds. The highest BCUT2D eigenvalue weighted by Crippen LogP contribution is 2.38. The molecule has 9 nitrogen and oxygen atoms in total. The van der Waals surface area contributed by atoms with E-state index in [1.807, 2.05) is 18.2 Å². The number of likely N-dealkylation sites (tertiary alicyclic amines) is 1. The third-order valence-corrected chi connectivity index (χ3v) is 7.68. The second kappa shape index (κ2) is 12.0. The number of esters is 1. The van der Waals surface area contributed by atoms with Crippen LogP contribution in [-0.4, -0.2) is 86.7 Å². The Balaban J connectivity index is 1.43. The summed E-state index contributed by atoms with van der Waals surface area (Å²) in [5.74, 6) is -0.432. The zero-order valence-electron chi connectivity index (χ0n) is 21.1. The van der Waals surface area contributed by atoms with Gasteiger partial charge < -0.3 is 19.8 Å². The summed E-state index contributed by atoms with van der Waals surface area (Å²) >= 11 is 0. The summed E-state index contributed by atoms with van der Waals surface area (Å²) in [5.41, 5.74) is 1.12. The molecule has 2 fully saturated rings. The van der Waals surface area contributed by atoms with Crippen LogP contribution in [-0.2, 0) is 23.1 Å². The normalized spacial score (nSPS) is 24.4. The van der Waals surface area contributed by atoms with Crippen molar-refractivity contribution in [2.75, 3.05) is 32.8 Å². The van der Waals surface area contributed by atoms with Crippen LogP contribution in [0.5, 0.6) is 0 Å². The van der Waals surface area contributed by atoms with Gasteiger partial charge in [-0.15, -0.1) is 0 Å². The van der Waals surface area contributed by atoms with Gasteiger partial charge in [-0.3, -0.25) is 19.2 Å². The van der Waals surface area contributed by atoms with Gasteiger partial charge in [-0.25, -0.2) is 0 Å². The first-order valence-corrected chi connectivity index (χ1v) is 12.9. The average molecular weight is 499 g/mol. The first-order chi connectivity index (χ1) is 17.4. The van der Waals surface area contributed by atoms with Crippen molar-refractivity contribution in [2.45, 2.75) is 57.3 Å². The van der Waals surface area contributed by atoms with Crippen molar-refractivity contribution >= 4 is 11.9 Å². The van der Waals surface area contributed by atoms with Crippen molar-refractivity contribution in [2.24, 2.45) is 12.5 Å². The molecule has 0 saturated carbocycles. The van der Waals surface area contributed by atoms with Crippen LogP contribution in [0.25, 0.3) is 0 Å². The molecule has 0 unspecified atom stereocenters. The number of aliphatic hydroxyl groups is 2. The largest absolute Gasteiger partial charge is 0.462 e. The highest BCUT2D eigenvalue weighted by molar-refractivity contribution is 5.92. The lowest BCUT2D eigenvalue weighted by molar-refractivity contribution is -0.165. The molecular weight excluding hydrogens is 460 g/mol. The van der Waals surface area contributed by atoms with E-state index in [9.17, 15) is 19.8 Å². The maximum absolute atomic E-state index is 13.3. The van der Waals surface area contributed by atoms with Gasteiger partial charge in [0.05, 0.1) is 11.5 Å². The molecule has 9 heteroatoms. The summed E-state index contributed by atoms with van der Waals surface area (Å²) < 4.78 is 7.12. The molecule has 2 aliphatic heterocycles. The van der Waals surface area contributed by atoms with Gasteiger partial charge in [0.2, 0.25) is 0 Å². The fourth-order valence-electron chi connectivity index (χ4n) is 5.27. The summed E-state index contributed by atoms with van der Waals surface area (Å²) in [4.78, 5) is 30.5. The Labute approximate surface area is 212 Å². The second-order valence-corrected chi connectivity index (χ2v) is 10.2. The van der Waals surface area contributed by atoms with Gasteiger partial charge in [0, 0.05) is 32.9 Å². The second-order valence-electron chi connectivity index (χ2n) is 10.2. The Hall–Kier alpha value is -2.75. The molecule has 1 aromatic carbocycles. The maximum atomic E-state index is 13.3. The topological polar surface area (TPSA) is 108 Å². The number of carbonyl (C=O) groups excluding carboxylic acids is 2. The lowest BCUT2D eigenvalue weighted by Gasteiger charge is -2.40. The first kappa shape index (κ1) is 26.3. The van der Waals surface area contributed by atoms with Crippen molar-refractivity contribution < 1.29 is 24.5 Å². The lowest BCUT2D eigenvalue weighted by Crippen LogP contribution is -2.45. The fraction of sp³-hybridized carbons (Fsp3) is 0.593. The predicted octanol–water partition coefficient (Wildman–Crippen LogP) is 1.98. The minimum atomic E-state index is -1.20. The Morgan fingerprint density at radius 3 is 2.47 bits per heavy atom. The zero-order chi connectivity index (χ0) is 25.5. The molecule has 0 bridgehead atoms. The predicted molar refractivity (Wildman–Crippen MR) is 134 cm³/mol. The monoisotopic (exact) mass is 498 g/mol. The van der Waals surface area contributed by atoms with Crippen LogP contribution in [0.4, 0.5) is 0 Å². The minimum absolute atomic E-state index is 0.150. The maximum Gasteiger partial charge on any atom is 0.312 e. The number of benzene rings is 1. The number of ether oxygens (including phenoxy) is 1. The third-order valence-electron chi connectivity index (χ3n) is 7.68. The number of hydrogen-bond acceptors (Lipinski definition) is 7. The van der Waals surface area contributed by atoms with E-state index in [0.29, 0.717) is 38.0 Å². The quantitative estimate of drug-likeness (QED) is 0.623. The zero-order valence-corrected chi connectivity index (χ0v) is 21.1. The van der Waals surface area contributed by atoms with Gasteiger partial charge in [-0.05, 0) is 56.8 Å². The molecule has 3 heterocycles. The number of rotatable bonds is 3. The van der Waals surface area contributed by atoms with Gasteiger partial charge in [0.15, 0.2) is 0 Å². The Bertz CT molecular complexity index is 1000. The molecule has 2 saturated heterocycles. The number of aliphatic hydroxyl groups excluding tert-OH is 2. The summed E-state index contributed by atoms with van der Waals surface area (Å²) in [5, 5.41) is 25.0. The summed E-state index contributed by atoms with van der Waals surface area (Å²) in [6.07, 6.45) is 3.08. The molecule has 0 radical (unpaired) electrons.